The van der Waals surface area contributed by atoms with Crippen molar-refractivity contribution in [2.24, 2.45) is 0 Å². The van der Waals surface area contributed by atoms with Gasteiger partial charge in [0.2, 0.25) is 0 Å². The van der Waals surface area contributed by atoms with Crippen LogP contribution in [0.1, 0.15) is 44.6 Å². The summed E-state index contributed by atoms with van der Waals surface area (Å²) in [4.78, 5) is 12.5. The number of amides is 1. The zero-order chi connectivity index (χ0) is 19.0. The van der Waals surface area contributed by atoms with Gasteiger partial charge in [-0.15, -0.1) is 0 Å². The number of quaternary nitrogens is 1. The quantitative estimate of drug-likeness (QED) is 0.736. The van der Waals surface area contributed by atoms with Crippen LogP contribution < -0.4 is 20.1 Å². The number of nitriles is 1. The molecule has 6 heteroatoms. The number of methoxy groups -OCH3 is 2. The SMILES string of the molecule is COc1ccc(CC[NH2+][C@H](C)C(=O)NC2(C#N)CCCCC2)cc1OC. The van der Waals surface area contributed by atoms with E-state index in [0.29, 0.717) is 11.5 Å². The second-order valence-electron chi connectivity index (χ2n) is 7.00. The van der Waals surface area contributed by atoms with Gasteiger partial charge in [0.15, 0.2) is 17.5 Å². The monoisotopic (exact) mass is 360 g/mol. The zero-order valence-electron chi connectivity index (χ0n) is 16.0. The molecule has 6 nitrogen and oxygen atoms in total. The summed E-state index contributed by atoms with van der Waals surface area (Å²) < 4.78 is 10.6. The first-order valence-electron chi connectivity index (χ1n) is 9.31. The second kappa shape index (κ2) is 9.44. The lowest BCUT2D eigenvalue weighted by Gasteiger charge is -2.32. The smallest absolute Gasteiger partial charge is 0.279 e. The normalized spacial score (nSPS) is 17.0. The van der Waals surface area contributed by atoms with Crippen molar-refractivity contribution in [1.29, 1.82) is 5.26 Å². The lowest BCUT2D eigenvalue weighted by Crippen LogP contribution is -2.92. The Kier molecular flexibility index (Phi) is 7.28. The lowest BCUT2D eigenvalue weighted by atomic mass is 9.82. The van der Waals surface area contributed by atoms with E-state index in [2.05, 4.69) is 11.4 Å². The molecule has 0 heterocycles. The van der Waals surface area contributed by atoms with Gasteiger partial charge in [-0.3, -0.25) is 4.79 Å². The highest BCUT2D eigenvalue weighted by Crippen LogP contribution is 2.28. The molecule has 1 atom stereocenters. The molecule has 1 amide bonds. The van der Waals surface area contributed by atoms with Crippen LogP contribution in [0.25, 0.3) is 0 Å². The molecule has 26 heavy (non-hydrogen) atoms. The number of benzene rings is 1. The number of ether oxygens (including phenoxy) is 2. The van der Waals surface area contributed by atoms with Crippen molar-refractivity contribution < 1.29 is 19.6 Å². The molecule has 0 aromatic heterocycles. The third kappa shape index (κ3) is 5.12. The Morgan fingerprint density at radius 2 is 1.96 bits per heavy atom. The van der Waals surface area contributed by atoms with E-state index in [1.54, 1.807) is 14.2 Å². The molecule has 3 N–H and O–H groups in total. The van der Waals surface area contributed by atoms with Crippen molar-refractivity contribution in [1.82, 2.24) is 5.32 Å². The molecule has 1 aromatic carbocycles. The van der Waals surface area contributed by atoms with Gasteiger partial charge in [-0.25, -0.2) is 0 Å². The predicted octanol–water partition coefficient (Wildman–Crippen LogP) is 1.54. The number of nitrogens with two attached hydrogens (primary N) is 1. The summed E-state index contributed by atoms with van der Waals surface area (Å²) in [5, 5.41) is 14.5. The molecule has 0 aliphatic heterocycles. The van der Waals surface area contributed by atoms with Crippen LogP contribution in [0.3, 0.4) is 0 Å². The molecule has 1 saturated carbocycles. The Hall–Kier alpha value is -2.26. The van der Waals surface area contributed by atoms with Crippen molar-refractivity contribution >= 4 is 5.91 Å². The number of hydrogen-bond donors (Lipinski definition) is 2. The minimum atomic E-state index is -0.666. The summed E-state index contributed by atoms with van der Waals surface area (Å²) in [5.74, 6) is 1.37. The second-order valence-corrected chi connectivity index (χ2v) is 7.00. The molecule has 0 bridgehead atoms. The number of nitrogens with one attached hydrogen (secondary N) is 1. The summed E-state index contributed by atoms with van der Waals surface area (Å²) in [7, 11) is 3.24. The Morgan fingerprint density at radius 1 is 1.27 bits per heavy atom. The maximum Gasteiger partial charge on any atom is 0.279 e. The molecule has 0 spiro atoms. The Labute approximate surface area is 155 Å². The molecule has 142 valence electrons. The van der Waals surface area contributed by atoms with Crippen LogP contribution in [-0.4, -0.2) is 38.3 Å². The summed E-state index contributed by atoms with van der Waals surface area (Å²) in [6, 6.07) is 7.98. The van der Waals surface area contributed by atoms with E-state index in [4.69, 9.17) is 9.47 Å². The van der Waals surface area contributed by atoms with Crippen LogP contribution in [-0.2, 0) is 11.2 Å². The molecule has 0 unspecified atom stereocenters. The fourth-order valence-corrected chi connectivity index (χ4v) is 3.41. The standard InChI is InChI=1S/C20H29N3O3/c1-15(19(24)23-20(14-21)10-5-4-6-11-20)22-12-9-16-7-8-17(25-2)18(13-16)26-3/h7-8,13,15,22H,4-6,9-12H2,1-3H3,(H,23,24)/p+1/t15-/m1/s1. The van der Waals surface area contributed by atoms with Crippen LogP contribution >= 0.6 is 0 Å². The fraction of sp³-hybridized carbons (Fsp3) is 0.600. The third-order valence-electron chi connectivity index (χ3n) is 5.10. The van der Waals surface area contributed by atoms with Crippen LogP contribution in [0.15, 0.2) is 18.2 Å². The van der Waals surface area contributed by atoms with E-state index >= 15 is 0 Å². The van der Waals surface area contributed by atoms with Gasteiger partial charge < -0.3 is 20.1 Å². The third-order valence-corrected chi connectivity index (χ3v) is 5.10. The highest BCUT2D eigenvalue weighted by atomic mass is 16.5. The van der Waals surface area contributed by atoms with E-state index < -0.39 is 5.54 Å². The van der Waals surface area contributed by atoms with Gasteiger partial charge in [0.1, 0.15) is 5.54 Å². The molecule has 0 saturated heterocycles. The topological polar surface area (TPSA) is 88.0 Å². The van der Waals surface area contributed by atoms with Gasteiger partial charge in [-0.05, 0) is 37.5 Å². The van der Waals surface area contributed by atoms with E-state index in [9.17, 15) is 10.1 Å². The van der Waals surface area contributed by atoms with Crippen molar-refractivity contribution in [2.45, 2.75) is 57.0 Å². The van der Waals surface area contributed by atoms with E-state index in [0.717, 1.165) is 50.6 Å². The van der Waals surface area contributed by atoms with Crippen LogP contribution in [0.2, 0.25) is 0 Å². The predicted molar refractivity (Wildman–Crippen MR) is 99.1 cm³/mol. The Morgan fingerprint density at radius 3 is 2.58 bits per heavy atom. The minimum Gasteiger partial charge on any atom is -0.493 e. The zero-order valence-corrected chi connectivity index (χ0v) is 16.0. The highest BCUT2D eigenvalue weighted by molar-refractivity contribution is 5.81. The number of hydrogen-bond acceptors (Lipinski definition) is 4. The molecule has 2 rings (SSSR count). The molecule has 1 fully saturated rings. The van der Waals surface area contributed by atoms with Gasteiger partial charge >= 0.3 is 0 Å². The molecular weight excluding hydrogens is 330 g/mol. The number of carbonyl (C=O) groups is 1. The van der Waals surface area contributed by atoms with Crippen LogP contribution in [0, 0.1) is 11.3 Å². The minimum absolute atomic E-state index is 0.0549. The van der Waals surface area contributed by atoms with Gasteiger partial charge in [-0.1, -0.05) is 25.3 Å². The van der Waals surface area contributed by atoms with Gasteiger partial charge in [0.25, 0.3) is 5.91 Å². The number of rotatable bonds is 8. The lowest BCUT2D eigenvalue weighted by molar-refractivity contribution is -0.673. The Bertz CT molecular complexity index is 648. The molecule has 1 aromatic rings. The molecule has 0 radical (unpaired) electrons. The van der Waals surface area contributed by atoms with Gasteiger partial charge in [0.05, 0.1) is 26.8 Å². The average Bonchev–Trinajstić information content (AvgIpc) is 2.68. The van der Waals surface area contributed by atoms with Gasteiger partial charge in [0, 0.05) is 6.42 Å². The molecule has 1 aliphatic rings. The van der Waals surface area contributed by atoms with Crippen LogP contribution in [0.4, 0.5) is 0 Å². The van der Waals surface area contributed by atoms with Gasteiger partial charge in [-0.2, -0.15) is 5.26 Å². The van der Waals surface area contributed by atoms with E-state index in [1.807, 2.05) is 30.4 Å². The van der Waals surface area contributed by atoms with E-state index in [-0.39, 0.29) is 11.9 Å². The first kappa shape index (κ1) is 20.1. The first-order valence-corrected chi connectivity index (χ1v) is 9.31. The van der Waals surface area contributed by atoms with Crippen molar-refractivity contribution in [2.75, 3.05) is 20.8 Å². The summed E-state index contributed by atoms with van der Waals surface area (Å²) >= 11 is 0. The summed E-state index contributed by atoms with van der Waals surface area (Å²) in [6.07, 6.45) is 5.49. The Balaban J connectivity index is 1.83. The number of nitrogens with zero attached hydrogens (tertiary/aromatic N) is 1. The maximum atomic E-state index is 12.5. The number of carbonyl (C=O) groups excluding carboxylic acids is 1. The average molecular weight is 360 g/mol. The summed E-state index contributed by atoms with van der Waals surface area (Å²) in [6.45, 7) is 2.67. The molecule has 1 aliphatic carbocycles. The molecular formula is C20H30N3O3+. The highest BCUT2D eigenvalue weighted by Gasteiger charge is 2.35. The fourth-order valence-electron chi connectivity index (χ4n) is 3.41. The van der Waals surface area contributed by atoms with E-state index in [1.165, 1.54) is 0 Å². The maximum absolute atomic E-state index is 12.5. The van der Waals surface area contributed by atoms with Crippen molar-refractivity contribution in [3.8, 4) is 17.6 Å². The van der Waals surface area contributed by atoms with Crippen LogP contribution in [0.5, 0.6) is 11.5 Å². The van der Waals surface area contributed by atoms with Crippen molar-refractivity contribution in [3.05, 3.63) is 23.8 Å². The van der Waals surface area contributed by atoms with Crippen molar-refractivity contribution in [3.63, 3.8) is 0 Å². The summed E-state index contributed by atoms with van der Waals surface area (Å²) in [5.41, 5.74) is 0.466. The first-order chi connectivity index (χ1) is 12.5. The largest absolute Gasteiger partial charge is 0.493 e.